The first kappa shape index (κ1) is 18.5. The summed E-state index contributed by atoms with van der Waals surface area (Å²) >= 11 is 0. The molecular weight excluding hydrogens is 326 g/mol. The molecule has 6 heteroatoms. The lowest BCUT2D eigenvalue weighted by Gasteiger charge is -2.24. The van der Waals surface area contributed by atoms with Gasteiger partial charge in [0.2, 0.25) is 0 Å². The molecule has 0 saturated carbocycles. The van der Waals surface area contributed by atoms with Crippen molar-refractivity contribution in [2.75, 3.05) is 33.4 Å². The predicted octanol–water partition coefficient (Wildman–Crippen LogP) is 2.37. The zero-order valence-corrected chi connectivity index (χ0v) is 15.8. The molecule has 1 unspecified atom stereocenters. The Morgan fingerprint density at radius 1 is 1.35 bits per heavy atom. The number of hydrogen-bond donors (Lipinski definition) is 1. The normalized spacial score (nSPS) is 17.5. The van der Waals surface area contributed by atoms with Crippen LogP contribution in [-0.2, 0) is 17.8 Å². The van der Waals surface area contributed by atoms with E-state index in [0.717, 1.165) is 45.2 Å². The SMILES string of the molecule is CCNC(=NCc1ccc(Cn2ccnc2)cc1)N(C)CC1CCOC1. The van der Waals surface area contributed by atoms with Gasteiger partial charge in [0, 0.05) is 51.6 Å². The summed E-state index contributed by atoms with van der Waals surface area (Å²) in [6.45, 7) is 7.23. The van der Waals surface area contributed by atoms with E-state index >= 15 is 0 Å². The van der Waals surface area contributed by atoms with Crippen LogP contribution in [0.5, 0.6) is 0 Å². The fraction of sp³-hybridized carbons (Fsp3) is 0.500. The molecule has 1 atom stereocenters. The van der Waals surface area contributed by atoms with Crippen molar-refractivity contribution in [3.63, 3.8) is 0 Å². The van der Waals surface area contributed by atoms with E-state index in [1.807, 2.05) is 12.5 Å². The summed E-state index contributed by atoms with van der Waals surface area (Å²) in [5.74, 6) is 1.56. The highest BCUT2D eigenvalue weighted by molar-refractivity contribution is 5.79. The first-order valence-electron chi connectivity index (χ1n) is 9.35. The largest absolute Gasteiger partial charge is 0.381 e. The molecule has 26 heavy (non-hydrogen) atoms. The molecule has 0 bridgehead atoms. The average Bonchev–Trinajstić information content (AvgIpc) is 3.34. The van der Waals surface area contributed by atoms with E-state index in [1.165, 1.54) is 11.1 Å². The molecule has 0 amide bonds. The number of rotatable bonds is 7. The standard InChI is InChI=1S/C20H29N5O/c1-3-22-20(24(2)13-19-8-11-26-15-19)23-12-17-4-6-18(7-5-17)14-25-10-9-21-16-25/h4-7,9-10,16,19H,3,8,11-15H2,1-2H3,(H,22,23). The van der Waals surface area contributed by atoms with Gasteiger partial charge >= 0.3 is 0 Å². The quantitative estimate of drug-likeness (QED) is 0.612. The van der Waals surface area contributed by atoms with E-state index in [1.54, 1.807) is 6.20 Å². The highest BCUT2D eigenvalue weighted by Gasteiger charge is 2.18. The van der Waals surface area contributed by atoms with Gasteiger partial charge in [-0.2, -0.15) is 0 Å². The van der Waals surface area contributed by atoms with Gasteiger partial charge in [0.05, 0.1) is 19.5 Å². The second-order valence-corrected chi connectivity index (χ2v) is 6.83. The van der Waals surface area contributed by atoms with Gasteiger partial charge in [-0.25, -0.2) is 9.98 Å². The number of nitrogens with one attached hydrogen (secondary N) is 1. The van der Waals surface area contributed by atoms with Crippen molar-refractivity contribution in [1.82, 2.24) is 19.8 Å². The molecule has 1 aliphatic rings. The Morgan fingerprint density at radius 2 is 2.15 bits per heavy atom. The van der Waals surface area contributed by atoms with Crippen LogP contribution < -0.4 is 5.32 Å². The second-order valence-electron chi connectivity index (χ2n) is 6.83. The Labute approximate surface area is 155 Å². The van der Waals surface area contributed by atoms with Crippen LogP contribution in [0.4, 0.5) is 0 Å². The van der Waals surface area contributed by atoms with E-state index in [9.17, 15) is 0 Å². The fourth-order valence-electron chi connectivity index (χ4n) is 3.18. The van der Waals surface area contributed by atoms with Crippen LogP contribution in [0, 0.1) is 5.92 Å². The number of ether oxygens (including phenoxy) is 1. The predicted molar refractivity (Wildman–Crippen MR) is 104 cm³/mol. The van der Waals surface area contributed by atoms with E-state index in [-0.39, 0.29) is 0 Å². The van der Waals surface area contributed by atoms with Crippen LogP contribution >= 0.6 is 0 Å². The molecule has 0 spiro atoms. The maximum Gasteiger partial charge on any atom is 0.193 e. The fourth-order valence-corrected chi connectivity index (χ4v) is 3.18. The highest BCUT2D eigenvalue weighted by atomic mass is 16.5. The summed E-state index contributed by atoms with van der Waals surface area (Å²) in [7, 11) is 2.11. The van der Waals surface area contributed by atoms with Crippen molar-refractivity contribution in [2.45, 2.75) is 26.4 Å². The van der Waals surface area contributed by atoms with Gasteiger partial charge in [-0.1, -0.05) is 24.3 Å². The number of aliphatic imine (C=N–C) groups is 1. The Kier molecular flexibility index (Phi) is 6.66. The molecule has 2 heterocycles. The Bertz CT molecular complexity index is 675. The van der Waals surface area contributed by atoms with Crippen molar-refractivity contribution < 1.29 is 4.74 Å². The molecule has 1 fully saturated rings. The lowest BCUT2D eigenvalue weighted by molar-refractivity contribution is 0.181. The van der Waals surface area contributed by atoms with Crippen LogP contribution in [0.15, 0.2) is 48.0 Å². The Balaban J connectivity index is 1.57. The van der Waals surface area contributed by atoms with E-state index in [2.05, 4.69) is 58.0 Å². The molecule has 2 aromatic rings. The van der Waals surface area contributed by atoms with Gasteiger partial charge in [-0.3, -0.25) is 0 Å². The first-order chi connectivity index (χ1) is 12.7. The van der Waals surface area contributed by atoms with Crippen molar-refractivity contribution in [2.24, 2.45) is 10.9 Å². The Morgan fingerprint density at radius 3 is 2.81 bits per heavy atom. The number of nitrogens with zero attached hydrogens (tertiary/aromatic N) is 4. The maximum atomic E-state index is 5.48. The van der Waals surface area contributed by atoms with Gasteiger partial charge in [0.15, 0.2) is 5.96 Å². The molecule has 1 aromatic carbocycles. The van der Waals surface area contributed by atoms with Crippen molar-refractivity contribution >= 4 is 5.96 Å². The third-order valence-electron chi connectivity index (χ3n) is 4.61. The summed E-state index contributed by atoms with van der Waals surface area (Å²) < 4.78 is 7.55. The van der Waals surface area contributed by atoms with Gasteiger partial charge in [-0.15, -0.1) is 0 Å². The van der Waals surface area contributed by atoms with Gasteiger partial charge in [0.25, 0.3) is 0 Å². The molecule has 1 aromatic heterocycles. The number of benzene rings is 1. The number of imidazole rings is 1. The lowest BCUT2D eigenvalue weighted by atomic mass is 10.1. The zero-order chi connectivity index (χ0) is 18.2. The summed E-state index contributed by atoms with van der Waals surface area (Å²) in [5.41, 5.74) is 2.48. The highest BCUT2D eigenvalue weighted by Crippen LogP contribution is 2.13. The molecule has 0 radical (unpaired) electrons. The molecular formula is C20H29N5O. The summed E-state index contributed by atoms with van der Waals surface area (Å²) in [5, 5.41) is 3.39. The number of hydrogen-bond acceptors (Lipinski definition) is 3. The third-order valence-corrected chi connectivity index (χ3v) is 4.61. The minimum absolute atomic E-state index is 0.603. The average molecular weight is 355 g/mol. The molecule has 1 N–H and O–H groups in total. The Hall–Kier alpha value is -2.34. The smallest absolute Gasteiger partial charge is 0.193 e. The van der Waals surface area contributed by atoms with Crippen LogP contribution in [-0.4, -0.2) is 53.8 Å². The van der Waals surface area contributed by atoms with Gasteiger partial charge in [0.1, 0.15) is 0 Å². The number of guanidine groups is 1. The summed E-state index contributed by atoms with van der Waals surface area (Å²) in [4.78, 5) is 11.1. The summed E-state index contributed by atoms with van der Waals surface area (Å²) in [6.07, 6.45) is 6.76. The molecule has 1 saturated heterocycles. The van der Waals surface area contributed by atoms with Gasteiger partial charge in [-0.05, 0) is 24.5 Å². The van der Waals surface area contributed by atoms with Crippen LogP contribution in [0.2, 0.25) is 0 Å². The monoisotopic (exact) mass is 355 g/mol. The van der Waals surface area contributed by atoms with Crippen LogP contribution in [0.1, 0.15) is 24.5 Å². The van der Waals surface area contributed by atoms with Crippen molar-refractivity contribution in [1.29, 1.82) is 0 Å². The maximum absolute atomic E-state index is 5.48. The molecule has 140 valence electrons. The first-order valence-corrected chi connectivity index (χ1v) is 9.35. The van der Waals surface area contributed by atoms with Crippen molar-refractivity contribution in [3.05, 3.63) is 54.1 Å². The number of aromatic nitrogens is 2. The second kappa shape index (κ2) is 9.38. The molecule has 6 nitrogen and oxygen atoms in total. The third kappa shape index (κ3) is 5.33. The topological polar surface area (TPSA) is 54.7 Å². The minimum Gasteiger partial charge on any atom is -0.381 e. The molecule has 3 rings (SSSR count). The van der Waals surface area contributed by atoms with E-state index in [0.29, 0.717) is 12.5 Å². The molecule has 0 aliphatic carbocycles. The van der Waals surface area contributed by atoms with E-state index in [4.69, 9.17) is 9.73 Å². The molecule has 1 aliphatic heterocycles. The minimum atomic E-state index is 0.603. The van der Waals surface area contributed by atoms with Crippen LogP contribution in [0.3, 0.4) is 0 Å². The van der Waals surface area contributed by atoms with Gasteiger partial charge < -0.3 is 19.5 Å². The zero-order valence-electron chi connectivity index (χ0n) is 15.8. The summed E-state index contributed by atoms with van der Waals surface area (Å²) in [6, 6.07) is 8.64. The van der Waals surface area contributed by atoms with Crippen LogP contribution in [0.25, 0.3) is 0 Å². The van der Waals surface area contributed by atoms with Crippen molar-refractivity contribution in [3.8, 4) is 0 Å². The van der Waals surface area contributed by atoms with E-state index < -0.39 is 0 Å². The lowest BCUT2D eigenvalue weighted by Crippen LogP contribution is -2.41.